The van der Waals surface area contributed by atoms with Crippen molar-refractivity contribution in [3.8, 4) is 0 Å². The molecule has 3 atom stereocenters. The van der Waals surface area contributed by atoms with Crippen LogP contribution < -0.4 is 5.32 Å². The van der Waals surface area contributed by atoms with E-state index >= 15 is 0 Å². The summed E-state index contributed by atoms with van der Waals surface area (Å²) in [5.41, 5.74) is 0. The molecule has 1 aliphatic carbocycles. The first-order valence-electron chi connectivity index (χ1n) is 7.69. The summed E-state index contributed by atoms with van der Waals surface area (Å²) >= 11 is 0. The summed E-state index contributed by atoms with van der Waals surface area (Å²) < 4.78 is 0. The molecule has 1 saturated heterocycles. The lowest BCUT2D eigenvalue weighted by molar-refractivity contribution is 0.152. The van der Waals surface area contributed by atoms with Gasteiger partial charge in [-0.3, -0.25) is 4.90 Å². The van der Waals surface area contributed by atoms with Gasteiger partial charge >= 0.3 is 0 Å². The smallest absolute Gasteiger partial charge is 0.0209 e. The maximum Gasteiger partial charge on any atom is 0.0209 e. The lowest BCUT2D eigenvalue weighted by Gasteiger charge is -2.35. The van der Waals surface area contributed by atoms with E-state index in [4.69, 9.17) is 0 Å². The van der Waals surface area contributed by atoms with Crippen LogP contribution in [0.2, 0.25) is 0 Å². The van der Waals surface area contributed by atoms with Gasteiger partial charge in [-0.15, -0.1) is 0 Å². The molecule has 2 heteroatoms. The van der Waals surface area contributed by atoms with E-state index in [-0.39, 0.29) is 0 Å². The van der Waals surface area contributed by atoms with E-state index in [0.29, 0.717) is 6.04 Å². The molecule has 100 valence electrons. The van der Waals surface area contributed by atoms with Crippen molar-refractivity contribution in [2.45, 2.75) is 77.4 Å². The molecule has 3 unspecified atom stereocenters. The van der Waals surface area contributed by atoms with E-state index < -0.39 is 0 Å². The van der Waals surface area contributed by atoms with Gasteiger partial charge in [-0.25, -0.2) is 0 Å². The molecule has 0 radical (unpaired) electrons. The fourth-order valence-electron chi connectivity index (χ4n) is 3.69. The van der Waals surface area contributed by atoms with E-state index in [2.05, 4.69) is 31.0 Å². The quantitative estimate of drug-likeness (QED) is 0.810. The SMILES string of the molecule is CCC1CCCC(N2CCC(NC(C)C)C2)C1. The largest absolute Gasteiger partial charge is 0.310 e. The van der Waals surface area contributed by atoms with Gasteiger partial charge in [-0.2, -0.15) is 0 Å². The first-order chi connectivity index (χ1) is 8.19. The van der Waals surface area contributed by atoms with Crippen molar-refractivity contribution < 1.29 is 0 Å². The van der Waals surface area contributed by atoms with Gasteiger partial charge in [0.15, 0.2) is 0 Å². The molecule has 0 aromatic rings. The Labute approximate surface area is 107 Å². The van der Waals surface area contributed by atoms with Crippen molar-refractivity contribution in [2.24, 2.45) is 5.92 Å². The molecule has 17 heavy (non-hydrogen) atoms. The second-order valence-corrected chi connectivity index (χ2v) is 6.40. The fraction of sp³-hybridized carbons (Fsp3) is 1.00. The highest BCUT2D eigenvalue weighted by Gasteiger charge is 2.31. The Morgan fingerprint density at radius 2 is 2.06 bits per heavy atom. The minimum Gasteiger partial charge on any atom is -0.310 e. The van der Waals surface area contributed by atoms with Crippen molar-refractivity contribution in [3.63, 3.8) is 0 Å². The average Bonchev–Trinajstić information content (AvgIpc) is 2.77. The standard InChI is InChI=1S/C15H30N2/c1-4-13-6-5-7-15(10-13)17-9-8-14(11-17)16-12(2)3/h12-16H,4-11H2,1-3H3. The van der Waals surface area contributed by atoms with Crippen LogP contribution >= 0.6 is 0 Å². The number of nitrogens with zero attached hydrogens (tertiary/aromatic N) is 1. The molecule has 2 aliphatic rings. The predicted molar refractivity (Wildman–Crippen MR) is 74.3 cm³/mol. The number of hydrogen-bond donors (Lipinski definition) is 1. The zero-order chi connectivity index (χ0) is 12.3. The first-order valence-corrected chi connectivity index (χ1v) is 7.69. The van der Waals surface area contributed by atoms with Crippen molar-refractivity contribution in [1.82, 2.24) is 10.2 Å². The van der Waals surface area contributed by atoms with Crippen LogP contribution in [-0.4, -0.2) is 36.1 Å². The van der Waals surface area contributed by atoms with Gasteiger partial charge in [-0.05, 0) is 25.2 Å². The van der Waals surface area contributed by atoms with Crippen LogP contribution in [0.25, 0.3) is 0 Å². The van der Waals surface area contributed by atoms with E-state index in [1.54, 1.807) is 0 Å². The minimum absolute atomic E-state index is 0.634. The number of likely N-dealkylation sites (tertiary alicyclic amines) is 1. The zero-order valence-corrected chi connectivity index (χ0v) is 11.9. The topological polar surface area (TPSA) is 15.3 Å². The fourth-order valence-corrected chi connectivity index (χ4v) is 3.69. The van der Waals surface area contributed by atoms with Gasteiger partial charge in [-0.1, -0.05) is 40.0 Å². The van der Waals surface area contributed by atoms with Crippen molar-refractivity contribution in [2.75, 3.05) is 13.1 Å². The molecule has 0 amide bonds. The lowest BCUT2D eigenvalue weighted by Crippen LogP contribution is -2.41. The van der Waals surface area contributed by atoms with Gasteiger partial charge in [0, 0.05) is 31.2 Å². The Morgan fingerprint density at radius 1 is 1.24 bits per heavy atom. The van der Waals surface area contributed by atoms with Gasteiger partial charge in [0.05, 0.1) is 0 Å². The minimum atomic E-state index is 0.634. The highest BCUT2D eigenvalue weighted by Crippen LogP contribution is 2.31. The molecular weight excluding hydrogens is 208 g/mol. The Kier molecular flexibility index (Phi) is 4.87. The summed E-state index contributed by atoms with van der Waals surface area (Å²) in [6.45, 7) is 9.50. The Morgan fingerprint density at radius 3 is 2.76 bits per heavy atom. The molecule has 1 aliphatic heterocycles. The van der Waals surface area contributed by atoms with E-state index in [1.165, 1.54) is 51.6 Å². The normalized spacial score (nSPS) is 35.6. The Bertz CT molecular complexity index is 227. The predicted octanol–water partition coefficient (Wildman–Crippen LogP) is 3.03. The maximum atomic E-state index is 3.69. The van der Waals surface area contributed by atoms with Gasteiger partial charge in [0.2, 0.25) is 0 Å². The molecule has 2 fully saturated rings. The van der Waals surface area contributed by atoms with Crippen LogP contribution in [0.1, 0.15) is 59.3 Å². The van der Waals surface area contributed by atoms with Crippen LogP contribution in [0.3, 0.4) is 0 Å². The highest BCUT2D eigenvalue weighted by atomic mass is 15.2. The molecule has 0 spiro atoms. The van der Waals surface area contributed by atoms with E-state index in [0.717, 1.165) is 18.0 Å². The second-order valence-electron chi connectivity index (χ2n) is 6.40. The van der Waals surface area contributed by atoms with Gasteiger partial charge in [0.1, 0.15) is 0 Å². The zero-order valence-electron chi connectivity index (χ0n) is 11.9. The Balaban J connectivity index is 1.79. The molecule has 0 bridgehead atoms. The number of nitrogens with one attached hydrogen (secondary N) is 1. The highest BCUT2D eigenvalue weighted by molar-refractivity contribution is 4.88. The third-order valence-electron chi connectivity index (χ3n) is 4.64. The molecule has 2 nitrogen and oxygen atoms in total. The second kappa shape index (κ2) is 6.19. The van der Waals surface area contributed by atoms with Crippen LogP contribution in [0.4, 0.5) is 0 Å². The van der Waals surface area contributed by atoms with Crippen LogP contribution in [0, 0.1) is 5.92 Å². The molecule has 2 rings (SSSR count). The molecule has 1 saturated carbocycles. The summed E-state index contributed by atoms with van der Waals surface area (Å²) in [4.78, 5) is 2.77. The monoisotopic (exact) mass is 238 g/mol. The van der Waals surface area contributed by atoms with Gasteiger partial charge in [0.25, 0.3) is 0 Å². The molecule has 1 N–H and O–H groups in total. The summed E-state index contributed by atoms with van der Waals surface area (Å²) in [6, 6.07) is 2.28. The summed E-state index contributed by atoms with van der Waals surface area (Å²) in [5, 5.41) is 3.69. The van der Waals surface area contributed by atoms with Crippen molar-refractivity contribution in [1.29, 1.82) is 0 Å². The molecule has 0 aromatic carbocycles. The molecule has 0 aromatic heterocycles. The third-order valence-corrected chi connectivity index (χ3v) is 4.64. The van der Waals surface area contributed by atoms with Crippen molar-refractivity contribution >= 4 is 0 Å². The molecule has 1 heterocycles. The van der Waals surface area contributed by atoms with Crippen molar-refractivity contribution in [3.05, 3.63) is 0 Å². The van der Waals surface area contributed by atoms with E-state index in [9.17, 15) is 0 Å². The lowest BCUT2D eigenvalue weighted by atomic mass is 9.83. The number of rotatable bonds is 4. The summed E-state index contributed by atoms with van der Waals surface area (Å²) in [6.07, 6.45) is 8.59. The summed E-state index contributed by atoms with van der Waals surface area (Å²) in [7, 11) is 0. The van der Waals surface area contributed by atoms with Gasteiger partial charge < -0.3 is 5.32 Å². The molecular formula is C15H30N2. The summed E-state index contributed by atoms with van der Waals surface area (Å²) in [5.74, 6) is 1.01. The first kappa shape index (κ1) is 13.4. The number of hydrogen-bond acceptors (Lipinski definition) is 2. The van der Waals surface area contributed by atoms with Crippen LogP contribution in [0.15, 0.2) is 0 Å². The van der Waals surface area contributed by atoms with Crippen LogP contribution in [0.5, 0.6) is 0 Å². The Hall–Kier alpha value is -0.0800. The average molecular weight is 238 g/mol. The van der Waals surface area contributed by atoms with Crippen LogP contribution in [-0.2, 0) is 0 Å². The van der Waals surface area contributed by atoms with E-state index in [1.807, 2.05) is 0 Å². The third kappa shape index (κ3) is 3.69. The maximum absolute atomic E-state index is 3.69.